The highest BCUT2D eigenvalue weighted by Crippen LogP contribution is 2.40. The van der Waals surface area contributed by atoms with Gasteiger partial charge in [-0.1, -0.05) is 25.1 Å². The van der Waals surface area contributed by atoms with Crippen molar-refractivity contribution in [1.29, 1.82) is 0 Å². The highest BCUT2D eigenvalue weighted by Gasteiger charge is 2.29. The smallest absolute Gasteiger partial charge is 0.341 e. The maximum Gasteiger partial charge on any atom is 0.341 e. The van der Waals surface area contributed by atoms with E-state index in [9.17, 15) is 14.4 Å². The molecule has 0 radical (unpaired) electrons. The number of esters is 1. The number of benzene rings is 1. The summed E-state index contributed by atoms with van der Waals surface area (Å²) >= 11 is 1.45. The van der Waals surface area contributed by atoms with E-state index >= 15 is 0 Å². The Labute approximate surface area is 184 Å². The number of fused-ring (bicyclic) bond motifs is 2. The molecule has 0 spiro atoms. The van der Waals surface area contributed by atoms with Crippen LogP contribution in [0.15, 0.2) is 35.1 Å². The average Bonchev–Trinajstić information content (AvgIpc) is 3.08. The average molecular weight is 439 g/mol. The first-order valence-electron chi connectivity index (χ1n) is 10.6. The van der Waals surface area contributed by atoms with Crippen LogP contribution in [0.5, 0.6) is 0 Å². The number of ether oxygens (including phenoxy) is 1. The Bertz CT molecular complexity index is 1220. The number of nitrogens with one attached hydrogen (secondary N) is 1. The van der Waals surface area contributed by atoms with Crippen molar-refractivity contribution in [1.82, 2.24) is 4.57 Å². The Morgan fingerprint density at radius 2 is 2.06 bits per heavy atom. The number of rotatable bonds is 5. The predicted molar refractivity (Wildman–Crippen MR) is 123 cm³/mol. The minimum absolute atomic E-state index is 0.124. The molecule has 1 amide bonds. The Balaban J connectivity index is 1.66. The summed E-state index contributed by atoms with van der Waals surface area (Å²) in [6.45, 7) is 6.00. The van der Waals surface area contributed by atoms with Crippen LogP contribution in [0, 0.1) is 12.8 Å². The summed E-state index contributed by atoms with van der Waals surface area (Å²) < 4.78 is 6.74. The Hall–Kier alpha value is -2.93. The third-order valence-electron chi connectivity index (χ3n) is 5.77. The van der Waals surface area contributed by atoms with E-state index in [2.05, 4.69) is 12.2 Å². The summed E-state index contributed by atoms with van der Waals surface area (Å²) in [6, 6.07) is 9.08. The predicted octanol–water partition coefficient (Wildman–Crippen LogP) is 4.31. The summed E-state index contributed by atoms with van der Waals surface area (Å²) in [5.41, 5.74) is 2.84. The quantitative estimate of drug-likeness (QED) is 0.602. The zero-order valence-corrected chi connectivity index (χ0v) is 18.8. The molecule has 6 nitrogen and oxygen atoms in total. The van der Waals surface area contributed by atoms with Crippen molar-refractivity contribution in [3.05, 3.63) is 62.3 Å². The molecule has 1 atom stereocenters. The Kier molecular flexibility index (Phi) is 5.96. The third-order valence-corrected chi connectivity index (χ3v) is 6.94. The van der Waals surface area contributed by atoms with Crippen LogP contribution in [0.25, 0.3) is 10.9 Å². The zero-order valence-electron chi connectivity index (χ0n) is 18.0. The number of carbonyl (C=O) groups excluding carboxylic acids is 2. The second-order valence-corrected chi connectivity index (χ2v) is 9.20. The van der Waals surface area contributed by atoms with Crippen LogP contribution < -0.4 is 10.9 Å². The summed E-state index contributed by atoms with van der Waals surface area (Å²) in [7, 11) is 0. The first-order chi connectivity index (χ1) is 14.9. The lowest BCUT2D eigenvalue weighted by molar-refractivity contribution is -0.116. The van der Waals surface area contributed by atoms with Gasteiger partial charge in [-0.05, 0) is 56.2 Å². The summed E-state index contributed by atoms with van der Waals surface area (Å²) in [6.07, 6.45) is 2.71. The maximum atomic E-state index is 13.0. The lowest BCUT2D eigenvalue weighted by Gasteiger charge is -2.18. The number of aryl methyl sites for hydroxylation is 1. The number of hydrogen-bond acceptors (Lipinski definition) is 5. The van der Waals surface area contributed by atoms with Gasteiger partial charge in [-0.25, -0.2) is 4.79 Å². The summed E-state index contributed by atoms with van der Waals surface area (Å²) in [4.78, 5) is 39.4. The molecule has 2 aromatic heterocycles. The van der Waals surface area contributed by atoms with Gasteiger partial charge < -0.3 is 10.1 Å². The largest absolute Gasteiger partial charge is 0.462 e. The summed E-state index contributed by atoms with van der Waals surface area (Å²) in [5, 5.41) is 4.35. The van der Waals surface area contributed by atoms with Crippen molar-refractivity contribution in [3.63, 3.8) is 0 Å². The van der Waals surface area contributed by atoms with Crippen LogP contribution in [0.4, 0.5) is 5.00 Å². The van der Waals surface area contributed by atoms with E-state index in [0.717, 1.165) is 40.7 Å². The molecule has 1 unspecified atom stereocenters. The number of thiophene rings is 1. The number of pyridine rings is 1. The number of hydrogen-bond donors (Lipinski definition) is 1. The van der Waals surface area contributed by atoms with E-state index in [1.165, 1.54) is 15.9 Å². The van der Waals surface area contributed by atoms with Gasteiger partial charge in [0.15, 0.2) is 0 Å². The second-order valence-electron chi connectivity index (χ2n) is 8.09. The van der Waals surface area contributed by atoms with Gasteiger partial charge in [-0.3, -0.25) is 14.2 Å². The summed E-state index contributed by atoms with van der Waals surface area (Å²) in [5.74, 6) is -0.196. The van der Waals surface area contributed by atoms with Crippen molar-refractivity contribution in [2.24, 2.45) is 5.92 Å². The molecule has 4 rings (SSSR count). The van der Waals surface area contributed by atoms with Crippen LogP contribution in [0.3, 0.4) is 0 Å². The normalized spacial score (nSPS) is 15.5. The van der Waals surface area contributed by atoms with Gasteiger partial charge in [0.25, 0.3) is 5.56 Å². The van der Waals surface area contributed by atoms with E-state index in [0.29, 0.717) is 22.0 Å². The lowest BCUT2D eigenvalue weighted by Crippen LogP contribution is -2.28. The standard InChI is InChI=1S/C24H26N2O4S/c1-4-30-24(29)22-17-10-9-14(2)11-19(17)31-23(22)25-20(27)13-26-18-8-6-5-7-16(18)15(3)12-21(26)28/h5-8,12,14H,4,9-11,13H2,1-3H3,(H,25,27). The van der Waals surface area contributed by atoms with E-state index in [-0.39, 0.29) is 24.6 Å². The monoisotopic (exact) mass is 438 g/mol. The highest BCUT2D eigenvalue weighted by atomic mass is 32.1. The molecule has 1 aliphatic rings. The number of amides is 1. The van der Waals surface area contributed by atoms with Gasteiger partial charge in [0.05, 0.1) is 17.7 Å². The first-order valence-corrected chi connectivity index (χ1v) is 11.4. The first kappa shape index (κ1) is 21.3. The van der Waals surface area contributed by atoms with Gasteiger partial charge in [0.1, 0.15) is 11.5 Å². The molecule has 0 aliphatic heterocycles. The molecule has 31 heavy (non-hydrogen) atoms. The molecule has 1 N–H and O–H groups in total. The number of aromatic nitrogens is 1. The van der Waals surface area contributed by atoms with E-state index < -0.39 is 5.97 Å². The SMILES string of the molecule is CCOC(=O)c1c(NC(=O)Cn2c(=O)cc(C)c3ccccc32)sc2c1CCC(C)C2. The highest BCUT2D eigenvalue weighted by molar-refractivity contribution is 7.17. The third kappa shape index (κ3) is 4.14. The lowest BCUT2D eigenvalue weighted by atomic mass is 9.88. The van der Waals surface area contributed by atoms with Crippen molar-refractivity contribution in [2.45, 2.75) is 46.6 Å². The van der Waals surface area contributed by atoms with Gasteiger partial charge in [-0.15, -0.1) is 11.3 Å². The van der Waals surface area contributed by atoms with Crippen LogP contribution in [-0.2, 0) is 28.9 Å². The van der Waals surface area contributed by atoms with Gasteiger partial charge in [-0.2, -0.15) is 0 Å². The number of para-hydroxylation sites is 1. The molecule has 1 aromatic carbocycles. The van der Waals surface area contributed by atoms with Crippen molar-refractivity contribution >= 4 is 39.1 Å². The van der Waals surface area contributed by atoms with Gasteiger partial charge in [0.2, 0.25) is 5.91 Å². The molecule has 1 aliphatic carbocycles. The van der Waals surface area contributed by atoms with Gasteiger partial charge >= 0.3 is 5.97 Å². The number of anilines is 1. The minimum atomic E-state index is -0.400. The van der Waals surface area contributed by atoms with Gasteiger partial charge in [0, 0.05) is 16.3 Å². The Morgan fingerprint density at radius 1 is 1.29 bits per heavy atom. The second kappa shape index (κ2) is 8.67. The molecule has 0 saturated heterocycles. The molecule has 3 aromatic rings. The molecule has 7 heteroatoms. The molecule has 162 valence electrons. The van der Waals surface area contributed by atoms with E-state index in [1.54, 1.807) is 13.0 Å². The van der Waals surface area contributed by atoms with Crippen LogP contribution >= 0.6 is 11.3 Å². The van der Waals surface area contributed by atoms with Crippen molar-refractivity contribution in [2.75, 3.05) is 11.9 Å². The molecule has 0 fully saturated rings. The molecule has 0 bridgehead atoms. The van der Waals surface area contributed by atoms with Crippen LogP contribution in [0.1, 0.15) is 46.6 Å². The fourth-order valence-electron chi connectivity index (χ4n) is 4.23. The molecule has 0 saturated carbocycles. The fourth-order valence-corrected chi connectivity index (χ4v) is 5.65. The number of carbonyl (C=O) groups is 2. The maximum absolute atomic E-state index is 13.0. The number of nitrogens with zero attached hydrogens (tertiary/aromatic N) is 1. The molecular weight excluding hydrogens is 412 g/mol. The van der Waals surface area contributed by atoms with E-state index in [4.69, 9.17) is 4.74 Å². The van der Waals surface area contributed by atoms with Crippen molar-refractivity contribution < 1.29 is 14.3 Å². The molecule has 2 heterocycles. The van der Waals surface area contributed by atoms with Crippen molar-refractivity contribution in [3.8, 4) is 0 Å². The minimum Gasteiger partial charge on any atom is -0.462 e. The topological polar surface area (TPSA) is 77.4 Å². The Morgan fingerprint density at radius 3 is 2.84 bits per heavy atom. The fraction of sp³-hybridized carbons (Fsp3) is 0.375. The van der Waals surface area contributed by atoms with Crippen LogP contribution in [0.2, 0.25) is 0 Å². The van der Waals surface area contributed by atoms with E-state index in [1.807, 2.05) is 31.2 Å². The van der Waals surface area contributed by atoms with Crippen LogP contribution in [-0.4, -0.2) is 23.1 Å². The molecular formula is C24H26N2O4S. The zero-order chi connectivity index (χ0) is 22.1.